The minimum atomic E-state index is -0.182. The molecule has 130 valence electrons. The smallest absolute Gasteiger partial charge is 0.134 e. The molecule has 0 amide bonds. The number of nitrogens with zero attached hydrogens (tertiary/aromatic N) is 1. The van der Waals surface area contributed by atoms with Gasteiger partial charge in [-0.1, -0.05) is 25.5 Å². The van der Waals surface area contributed by atoms with Crippen LogP contribution in [0.15, 0.2) is 35.2 Å². The quantitative estimate of drug-likeness (QED) is 0.857. The molecular formula is C21H30N2O. The summed E-state index contributed by atoms with van der Waals surface area (Å²) in [5.41, 5.74) is 4.25. The molecule has 6 atom stereocenters. The first-order valence-corrected chi connectivity index (χ1v) is 10.0. The van der Waals surface area contributed by atoms with Gasteiger partial charge in [0.1, 0.15) is 5.60 Å². The third-order valence-electron chi connectivity index (χ3n) is 7.29. The van der Waals surface area contributed by atoms with Gasteiger partial charge in [-0.05, 0) is 49.7 Å². The predicted octanol–water partition coefficient (Wildman–Crippen LogP) is 3.60. The average molecular weight is 326 g/mol. The van der Waals surface area contributed by atoms with Crippen molar-refractivity contribution in [3.63, 3.8) is 0 Å². The van der Waals surface area contributed by atoms with Crippen molar-refractivity contribution in [2.45, 2.75) is 57.6 Å². The number of rotatable bonds is 3. The first kappa shape index (κ1) is 15.2. The Morgan fingerprint density at radius 2 is 2.25 bits per heavy atom. The molecule has 3 heteroatoms. The van der Waals surface area contributed by atoms with E-state index in [1.165, 1.54) is 44.5 Å². The van der Waals surface area contributed by atoms with Crippen molar-refractivity contribution in [1.82, 2.24) is 10.2 Å². The molecule has 4 aliphatic heterocycles. The molecule has 2 unspecified atom stereocenters. The van der Waals surface area contributed by atoms with Crippen LogP contribution in [0.5, 0.6) is 0 Å². The lowest BCUT2D eigenvalue weighted by atomic mass is 9.65. The van der Waals surface area contributed by atoms with Crippen molar-refractivity contribution >= 4 is 0 Å². The molecule has 4 heterocycles. The van der Waals surface area contributed by atoms with Crippen molar-refractivity contribution in [2.75, 3.05) is 19.7 Å². The SMILES string of the molecule is CCOC12CC=CC=C1NC1=C2CCN2C[C@@H]3C[C@H](CC)[C@H]2[C@H]1C3. The highest BCUT2D eigenvalue weighted by molar-refractivity contribution is 5.50. The summed E-state index contributed by atoms with van der Waals surface area (Å²) in [6, 6.07) is 0.757. The summed E-state index contributed by atoms with van der Waals surface area (Å²) in [6.07, 6.45) is 13.1. The van der Waals surface area contributed by atoms with E-state index in [1.54, 1.807) is 11.3 Å². The summed E-state index contributed by atoms with van der Waals surface area (Å²) >= 11 is 0. The van der Waals surface area contributed by atoms with Crippen LogP contribution in [0.25, 0.3) is 0 Å². The van der Waals surface area contributed by atoms with Gasteiger partial charge in [0.25, 0.3) is 0 Å². The van der Waals surface area contributed by atoms with E-state index in [0.717, 1.165) is 30.9 Å². The molecule has 24 heavy (non-hydrogen) atoms. The molecule has 3 nitrogen and oxygen atoms in total. The second-order valence-corrected chi connectivity index (χ2v) is 8.34. The Labute approximate surface area is 145 Å². The maximum absolute atomic E-state index is 6.44. The van der Waals surface area contributed by atoms with Gasteiger partial charge in [0.05, 0.1) is 5.70 Å². The van der Waals surface area contributed by atoms with Crippen molar-refractivity contribution in [2.24, 2.45) is 17.8 Å². The lowest BCUT2D eigenvalue weighted by molar-refractivity contribution is -0.0295. The highest BCUT2D eigenvalue weighted by Crippen LogP contribution is 2.54. The molecule has 1 N–H and O–H groups in total. The lowest BCUT2D eigenvalue weighted by Crippen LogP contribution is -2.58. The molecule has 4 bridgehead atoms. The van der Waals surface area contributed by atoms with Crippen LogP contribution in [-0.4, -0.2) is 36.2 Å². The maximum Gasteiger partial charge on any atom is 0.134 e. The van der Waals surface area contributed by atoms with Gasteiger partial charge in [-0.3, -0.25) is 4.90 Å². The number of piperidine rings is 2. The fourth-order valence-corrected chi connectivity index (χ4v) is 6.47. The van der Waals surface area contributed by atoms with E-state index in [4.69, 9.17) is 4.74 Å². The molecule has 0 aromatic rings. The molecule has 6 aliphatic rings. The van der Waals surface area contributed by atoms with Crippen LogP contribution in [0.1, 0.15) is 46.0 Å². The largest absolute Gasteiger partial charge is 0.364 e. The summed E-state index contributed by atoms with van der Waals surface area (Å²) in [5, 5.41) is 3.88. The van der Waals surface area contributed by atoms with Crippen molar-refractivity contribution in [3.8, 4) is 0 Å². The lowest BCUT2D eigenvalue weighted by Gasteiger charge is -2.53. The molecular weight excluding hydrogens is 296 g/mol. The van der Waals surface area contributed by atoms with Gasteiger partial charge in [0.2, 0.25) is 0 Å². The predicted molar refractivity (Wildman–Crippen MR) is 96.3 cm³/mol. The normalized spacial score (nSPS) is 45.4. The molecule has 0 radical (unpaired) electrons. The van der Waals surface area contributed by atoms with E-state index < -0.39 is 0 Å². The van der Waals surface area contributed by atoms with Gasteiger partial charge in [-0.2, -0.15) is 0 Å². The zero-order valence-electron chi connectivity index (χ0n) is 15.1. The zero-order valence-corrected chi connectivity index (χ0v) is 15.1. The van der Waals surface area contributed by atoms with Gasteiger partial charge in [0.15, 0.2) is 0 Å². The third-order valence-corrected chi connectivity index (χ3v) is 7.29. The molecule has 0 spiro atoms. The molecule has 2 aliphatic carbocycles. The standard InChI is InChI=1S/C21H30N2O/c1-3-15-11-14-12-16-19-17(8-10-23(13-14)20(15)16)21(24-4-2)9-6-5-7-18(21)22-19/h5-7,14-16,20,22H,3-4,8-13H2,1-2H3/t14-,15+,16+,20+,21?/m1/s1. The van der Waals surface area contributed by atoms with Gasteiger partial charge in [0, 0.05) is 43.8 Å². The summed E-state index contributed by atoms with van der Waals surface area (Å²) in [5.74, 6) is 2.48. The fourth-order valence-electron chi connectivity index (χ4n) is 6.47. The fraction of sp³-hybridized carbons (Fsp3) is 0.714. The molecule has 1 saturated carbocycles. The van der Waals surface area contributed by atoms with E-state index in [-0.39, 0.29) is 5.60 Å². The molecule has 3 fully saturated rings. The van der Waals surface area contributed by atoms with Crippen LogP contribution in [0.4, 0.5) is 0 Å². The van der Waals surface area contributed by atoms with Crippen LogP contribution >= 0.6 is 0 Å². The first-order chi connectivity index (χ1) is 11.8. The van der Waals surface area contributed by atoms with E-state index in [9.17, 15) is 0 Å². The highest BCUT2D eigenvalue weighted by atomic mass is 16.5. The number of allylic oxidation sites excluding steroid dienone is 2. The van der Waals surface area contributed by atoms with Gasteiger partial charge < -0.3 is 10.1 Å². The van der Waals surface area contributed by atoms with Crippen LogP contribution < -0.4 is 5.32 Å². The van der Waals surface area contributed by atoms with Crippen LogP contribution in [0.2, 0.25) is 0 Å². The third kappa shape index (κ3) is 1.91. The minimum Gasteiger partial charge on any atom is -0.364 e. The Morgan fingerprint density at radius 3 is 3.08 bits per heavy atom. The summed E-state index contributed by atoms with van der Waals surface area (Å²) in [6.45, 7) is 7.87. The van der Waals surface area contributed by atoms with Gasteiger partial charge >= 0.3 is 0 Å². The Hall–Kier alpha value is -1.06. The Morgan fingerprint density at radius 1 is 1.33 bits per heavy atom. The molecule has 0 aromatic heterocycles. The zero-order chi connectivity index (χ0) is 16.3. The summed E-state index contributed by atoms with van der Waals surface area (Å²) < 4.78 is 6.44. The topological polar surface area (TPSA) is 24.5 Å². The average Bonchev–Trinajstić information content (AvgIpc) is 2.88. The summed E-state index contributed by atoms with van der Waals surface area (Å²) in [4.78, 5) is 2.83. The molecule has 0 aromatic carbocycles. The van der Waals surface area contributed by atoms with Crippen LogP contribution in [-0.2, 0) is 4.74 Å². The van der Waals surface area contributed by atoms with E-state index in [1.807, 2.05) is 0 Å². The second kappa shape index (κ2) is 5.47. The van der Waals surface area contributed by atoms with Crippen LogP contribution in [0.3, 0.4) is 0 Å². The van der Waals surface area contributed by atoms with E-state index >= 15 is 0 Å². The molecule has 2 saturated heterocycles. The minimum absolute atomic E-state index is 0.182. The van der Waals surface area contributed by atoms with E-state index in [0.29, 0.717) is 5.92 Å². The number of hydrogen-bond donors (Lipinski definition) is 1. The monoisotopic (exact) mass is 326 g/mol. The van der Waals surface area contributed by atoms with Gasteiger partial charge in [-0.15, -0.1) is 0 Å². The van der Waals surface area contributed by atoms with Crippen molar-refractivity contribution in [1.29, 1.82) is 0 Å². The maximum atomic E-state index is 6.44. The van der Waals surface area contributed by atoms with Gasteiger partial charge in [-0.25, -0.2) is 0 Å². The highest BCUT2D eigenvalue weighted by Gasteiger charge is 2.54. The number of fused-ring (bicyclic) bond motifs is 3. The second-order valence-electron chi connectivity index (χ2n) is 8.34. The van der Waals surface area contributed by atoms with E-state index in [2.05, 4.69) is 42.3 Å². The van der Waals surface area contributed by atoms with Crippen molar-refractivity contribution < 1.29 is 4.74 Å². The number of nitrogens with one attached hydrogen (secondary N) is 1. The van der Waals surface area contributed by atoms with Crippen molar-refractivity contribution in [3.05, 3.63) is 35.2 Å². The summed E-state index contributed by atoms with van der Waals surface area (Å²) in [7, 11) is 0. The number of ether oxygens (including phenoxy) is 1. The Bertz CT molecular complexity index is 634. The van der Waals surface area contributed by atoms with Crippen LogP contribution in [0, 0.1) is 17.8 Å². The molecule has 6 rings (SSSR count). The Balaban J connectivity index is 1.59. The number of hydrogen-bond acceptors (Lipinski definition) is 3. The first-order valence-electron chi connectivity index (χ1n) is 10.0. The Kier molecular flexibility index (Phi) is 3.47.